The zero-order valence-electron chi connectivity index (χ0n) is 29.3. The molecule has 3 saturated heterocycles. The number of pyridine rings is 1. The number of carbonyl (C=O) groups excluding carboxylic acids is 1. The largest absolute Gasteiger partial charge is 0.444 e. The van der Waals surface area contributed by atoms with E-state index in [-0.39, 0.29) is 24.4 Å². The molecule has 1 amide bonds. The summed E-state index contributed by atoms with van der Waals surface area (Å²) < 4.78 is 28.1. The van der Waals surface area contributed by atoms with Gasteiger partial charge in [-0.3, -0.25) is 14.1 Å². The van der Waals surface area contributed by atoms with E-state index < -0.39 is 16.4 Å². The fourth-order valence-electron chi connectivity index (χ4n) is 8.73. The molecule has 5 aromatic rings. The van der Waals surface area contributed by atoms with Crippen LogP contribution in [0, 0.1) is 0 Å². The number of amides is 1. The molecule has 1 aromatic carbocycles. The van der Waals surface area contributed by atoms with Gasteiger partial charge in [-0.2, -0.15) is 5.10 Å². The van der Waals surface area contributed by atoms with Crippen molar-refractivity contribution in [2.45, 2.75) is 108 Å². The Kier molecular flexibility index (Phi) is 7.70. The zero-order valence-corrected chi connectivity index (χ0v) is 30.9. The number of carbonyl (C=O) groups is 1. The fraction of sp³-hybridized carbons (Fsp3) is 0.541. The van der Waals surface area contributed by atoms with Gasteiger partial charge >= 0.3 is 6.09 Å². The monoisotopic (exact) mass is 713 g/mol. The second kappa shape index (κ2) is 11.9. The van der Waals surface area contributed by atoms with Crippen LogP contribution in [0.15, 0.2) is 29.7 Å². The van der Waals surface area contributed by atoms with Gasteiger partial charge in [-0.25, -0.2) is 19.4 Å². The number of aryl methyl sites for hydroxylation is 1. The second-order valence-corrected chi connectivity index (χ2v) is 17.7. The summed E-state index contributed by atoms with van der Waals surface area (Å²) in [6.45, 7) is 10.0. The number of thiophene rings is 1. The molecule has 0 spiro atoms. The van der Waals surface area contributed by atoms with Crippen LogP contribution in [0.1, 0.15) is 89.5 Å². The van der Waals surface area contributed by atoms with Crippen molar-refractivity contribution < 1.29 is 18.5 Å². The molecule has 13 heteroatoms. The first-order valence-corrected chi connectivity index (χ1v) is 20.3. The number of rotatable bonds is 4. The zero-order chi connectivity index (χ0) is 34.5. The predicted molar refractivity (Wildman–Crippen MR) is 196 cm³/mol. The minimum Gasteiger partial charge on any atom is -0.444 e. The van der Waals surface area contributed by atoms with E-state index in [0.29, 0.717) is 24.2 Å². The summed E-state index contributed by atoms with van der Waals surface area (Å²) in [6, 6.07) is 4.43. The first-order chi connectivity index (χ1) is 24.1. The Balaban J connectivity index is 1.20. The van der Waals surface area contributed by atoms with Crippen LogP contribution in [0.2, 0.25) is 0 Å². The van der Waals surface area contributed by atoms with E-state index in [1.54, 1.807) is 17.6 Å². The smallest absolute Gasteiger partial charge is 0.410 e. The molecule has 1 aliphatic carbocycles. The summed E-state index contributed by atoms with van der Waals surface area (Å²) >= 11 is 1.60. The summed E-state index contributed by atoms with van der Waals surface area (Å²) in [4.78, 5) is 33.3. The minimum absolute atomic E-state index is 0.0117. The maximum Gasteiger partial charge on any atom is 0.410 e. The summed E-state index contributed by atoms with van der Waals surface area (Å²) in [5, 5.41) is 8.34. The fourth-order valence-corrected chi connectivity index (χ4v) is 10.4. The quantitative estimate of drug-likeness (QED) is 0.177. The van der Waals surface area contributed by atoms with Crippen LogP contribution in [0.4, 0.5) is 10.6 Å². The van der Waals surface area contributed by atoms with E-state index in [2.05, 4.69) is 28.6 Å². The van der Waals surface area contributed by atoms with E-state index >= 15 is 0 Å². The van der Waals surface area contributed by atoms with Gasteiger partial charge in [0, 0.05) is 48.5 Å². The van der Waals surface area contributed by atoms with Crippen molar-refractivity contribution in [2.24, 2.45) is 0 Å². The lowest BCUT2D eigenvalue weighted by Gasteiger charge is -2.42. The minimum atomic E-state index is -1.38. The summed E-state index contributed by atoms with van der Waals surface area (Å²) in [6.07, 6.45) is 12.4. The molecular formula is C37H43N7O4S2. The van der Waals surface area contributed by atoms with Crippen LogP contribution in [-0.4, -0.2) is 83.6 Å². The summed E-state index contributed by atoms with van der Waals surface area (Å²) in [5.41, 5.74) is 5.35. The third-order valence-corrected chi connectivity index (χ3v) is 12.7. The number of anilines is 1. The van der Waals surface area contributed by atoms with Gasteiger partial charge in [-0.15, -0.1) is 11.3 Å². The molecular weight excluding hydrogens is 671 g/mol. The molecule has 9 rings (SSSR count). The van der Waals surface area contributed by atoms with E-state index in [9.17, 15) is 9.00 Å². The first-order valence-electron chi connectivity index (χ1n) is 17.9. The van der Waals surface area contributed by atoms with E-state index in [4.69, 9.17) is 29.5 Å². The topological polar surface area (TPSA) is 116 Å². The Bertz CT molecular complexity index is 2190. The van der Waals surface area contributed by atoms with Crippen LogP contribution < -0.4 is 4.90 Å². The van der Waals surface area contributed by atoms with Gasteiger partial charge in [0.2, 0.25) is 5.16 Å². The highest BCUT2D eigenvalue weighted by atomic mass is 32.2. The van der Waals surface area contributed by atoms with Crippen LogP contribution >= 0.6 is 11.3 Å². The average Bonchev–Trinajstić information content (AvgIpc) is 3.85. The molecule has 3 aliphatic heterocycles. The van der Waals surface area contributed by atoms with Gasteiger partial charge in [-0.1, -0.05) is 6.92 Å². The highest BCUT2D eigenvalue weighted by molar-refractivity contribution is 7.84. The number of hydrogen-bond acceptors (Lipinski definition) is 10. The third-order valence-electron chi connectivity index (χ3n) is 10.9. The predicted octanol–water partition coefficient (Wildman–Crippen LogP) is 7.33. The van der Waals surface area contributed by atoms with Gasteiger partial charge in [0.15, 0.2) is 6.23 Å². The number of hydrogen-bond donors (Lipinski definition) is 0. The van der Waals surface area contributed by atoms with Gasteiger partial charge in [0.1, 0.15) is 16.2 Å². The van der Waals surface area contributed by atoms with Gasteiger partial charge < -0.3 is 14.4 Å². The number of fused-ring (bicyclic) bond motifs is 7. The number of nitrogens with zero attached hydrogens (tertiary/aromatic N) is 7. The average molecular weight is 714 g/mol. The molecule has 5 unspecified atom stereocenters. The van der Waals surface area contributed by atoms with Crippen LogP contribution in [-0.2, 0) is 26.7 Å². The number of aromatic nitrogens is 5. The molecule has 4 aliphatic rings. The Labute approximate surface area is 297 Å². The molecule has 0 saturated carbocycles. The molecule has 3 fully saturated rings. The van der Waals surface area contributed by atoms with E-state index in [0.717, 1.165) is 99.8 Å². The van der Waals surface area contributed by atoms with Crippen molar-refractivity contribution in [3.05, 3.63) is 35.7 Å². The Morgan fingerprint density at radius 3 is 2.60 bits per heavy atom. The molecule has 0 N–H and O–H groups in total. The third kappa shape index (κ3) is 5.21. The molecule has 11 nitrogen and oxygen atoms in total. The summed E-state index contributed by atoms with van der Waals surface area (Å²) in [5.74, 6) is 1.18. The SMILES string of the molecule is CC1CCc2cc3c(cnn3C3CCCCO3)c(-c3nccc4c3sc3nc(S(C)=O)nc(N5CC6CCC(C5)N6C(=O)OC(C)(C)C)c34)c21. The van der Waals surface area contributed by atoms with Crippen LogP contribution in [0.25, 0.3) is 42.5 Å². The van der Waals surface area contributed by atoms with Gasteiger partial charge in [0.25, 0.3) is 0 Å². The maximum absolute atomic E-state index is 13.3. The van der Waals surface area contributed by atoms with Crippen molar-refractivity contribution in [2.75, 3.05) is 30.9 Å². The molecule has 262 valence electrons. The molecule has 5 atom stereocenters. The van der Waals surface area contributed by atoms with E-state index in [1.165, 1.54) is 11.1 Å². The maximum atomic E-state index is 13.3. The molecule has 7 heterocycles. The van der Waals surface area contributed by atoms with Crippen molar-refractivity contribution >= 4 is 65.3 Å². The lowest BCUT2D eigenvalue weighted by atomic mass is 9.91. The van der Waals surface area contributed by atoms with Gasteiger partial charge in [0.05, 0.1) is 50.4 Å². The van der Waals surface area contributed by atoms with Crippen molar-refractivity contribution in [3.63, 3.8) is 0 Å². The number of ether oxygens (including phenoxy) is 2. The van der Waals surface area contributed by atoms with Crippen molar-refractivity contribution in [1.82, 2.24) is 29.6 Å². The van der Waals surface area contributed by atoms with Crippen LogP contribution in [0.3, 0.4) is 0 Å². The number of benzene rings is 1. The van der Waals surface area contributed by atoms with Crippen molar-refractivity contribution in [1.29, 1.82) is 0 Å². The van der Waals surface area contributed by atoms with Crippen molar-refractivity contribution in [3.8, 4) is 11.3 Å². The first kappa shape index (κ1) is 32.2. The van der Waals surface area contributed by atoms with Crippen LogP contribution in [0.5, 0.6) is 0 Å². The lowest BCUT2D eigenvalue weighted by Crippen LogP contribution is -2.57. The Morgan fingerprint density at radius 2 is 1.88 bits per heavy atom. The molecule has 0 radical (unpaired) electrons. The highest BCUT2D eigenvalue weighted by Gasteiger charge is 2.45. The second-order valence-electron chi connectivity index (χ2n) is 15.4. The molecule has 50 heavy (non-hydrogen) atoms. The van der Waals surface area contributed by atoms with E-state index in [1.807, 2.05) is 38.1 Å². The Hall–Kier alpha value is -3.68. The molecule has 2 bridgehead atoms. The lowest BCUT2D eigenvalue weighted by molar-refractivity contribution is -0.0366. The standard InChI is InChI=1S/C37H43N7O4S2/c1-20-9-10-21-16-26-25(17-39-44(26)27-8-6-7-15-47-27)29(28(20)21)31-32-24(13-14-38-31)30-33(40-35(50(5)46)41-34(30)49-32)42-18-22-11-12-23(19-42)43(22)36(45)48-37(2,3)4/h13-14,16-17,20,22-23,27H,6-12,15,18-19H2,1-5H3. The normalized spacial score (nSPS) is 24.4. The molecule has 4 aromatic heterocycles. The highest BCUT2D eigenvalue weighted by Crippen LogP contribution is 2.49. The Morgan fingerprint density at radius 1 is 1.08 bits per heavy atom. The number of piperazine rings is 1. The van der Waals surface area contributed by atoms with Gasteiger partial charge in [-0.05, 0) is 94.9 Å². The summed E-state index contributed by atoms with van der Waals surface area (Å²) in [7, 11) is -1.38.